The van der Waals surface area contributed by atoms with E-state index in [1.807, 2.05) is 6.07 Å². The molecule has 1 aliphatic carbocycles. The van der Waals surface area contributed by atoms with Gasteiger partial charge in [0.1, 0.15) is 0 Å². The lowest BCUT2D eigenvalue weighted by atomic mass is 10.1. The molecule has 5 rings (SSSR count). The first-order valence-corrected chi connectivity index (χ1v) is 12.9. The number of halogens is 3. The third kappa shape index (κ3) is 7.51. The van der Waals surface area contributed by atoms with Gasteiger partial charge in [-0.3, -0.25) is 5.10 Å². The van der Waals surface area contributed by atoms with E-state index in [2.05, 4.69) is 40.7 Å². The second-order valence-corrected chi connectivity index (χ2v) is 9.49. The van der Waals surface area contributed by atoms with E-state index < -0.39 is 11.7 Å². The lowest BCUT2D eigenvalue weighted by Crippen LogP contribution is -2.28. The molecule has 1 aliphatic heterocycles. The van der Waals surface area contributed by atoms with Crippen molar-refractivity contribution in [3.05, 3.63) is 53.0 Å². The minimum absolute atomic E-state index is 0.296. The highest BCUT2D eigenvalue weighted by molar-refractivity contribution is 5.68. The second kappa shape index (κ2) is 11.9. The fourth-order valence-electron chi connectivity index (χ4n) is 4.23. The van der Waals surface area contributed by atoms with Crippen LogP contribution in [0, 0.1) is 0 Å². The Balaban J connectivity index is 1.29. The molecular weight excluding hydrogens is 497 g/mol. The molecule has 0 atom stereocenters. The number of hydrogen-bond donors (Lipinski definition) is 3. The van der Waals surface area contributed by atoms with E-state index in [0.29, 0.717) is 41.6 Å². The Morgan fingerprint density at radius 3 is 2.76 bits per heavy atom. The maximum Gasteiger partial charge on any atom is 0.416 e. The van der Waals surface area contributed by atoms with Gasteiger partial charge in [0.15, 0.2) is 11.6 Å². The van der Waals surface area contributed by atoms with Gasteiger partial charge in [0.05, 0.1) is 12.2 Å². The molecule has 3 N–H and O–H groups in total. The van der Waals surface area contributed by atoms with Gasteiger partial charge in [0.2, 0.25) is 11.9 Å². The summed E-state index contributed by atoms with van der Waals surface area (Å²) in [5.74, 6) is 2.11. The predicted molar refractivity (Wildman–Crippen MR) is 139 cm³/mol. The summed E-state index contributed by atoms with van der Waals surface area (Å²) in [5.41, 5.74) is 0.761. The van der Waals surface area contributed by atoms with Crippen LogP contribution >= 0.6 is 0 Å². The molecule has 2 aliphatic rings. The lowest BCUT2D eigenvalue weighted by molar-refractivity contribution is -0.137. The summed E-state index contributed by atoms with van der Waals surface area (Å²) >= 11 is 0. The number of nitrogens with zero attached hydrogens (tertiary/aromatic N) is 5. The van der Waals surface area contributed by atoms with Crippen LogP contribution in [0.2, 0.25) is 0 Å². The van der Waals surface area contributed by atoms with Gasteiger partial charge in [-0.25, -0.2) is 0 Å². The molecule has 202 valence electrons. The number of benzene rings is 1. The number of alkyl halides is 3. The Kier molecular flexibility index (Phi) is 8.18. The van der Waals surface area contributed by atoms with Crippen LogP contribution in [-0.2, 0) is 10.9 Å². The number of ether oxygens (including phenoxy) is 1. The van der Waals surface area contributed by atoms with Crippen LogP contribution in [0.25, 0.3) is 12.2 Å². The maximum atomic E-state index is 13.1. The van der Waals surface area contributed by atoms with E-state index >= 15 is 0 Å². The van der Waals surface area contributed by atoms with Gasteiger partial charge in [0, 0.05) is 43.9 Å². The Hall–Kier alpha value is -3.51. The average molecular weight is 529 g/mol. The number of H-pyrrole nitrogens is 1. The molecule has 0 unspecified atom stereocenters. The number of aromatic nitrogens is 5. The summed E-state index contributed by atoms with van der Waals surface area (Å²) in [7, 11) is 0. The van der Waals surface area contributed by atoms with Crippen LogP contribution in [0.15, 0.2) is 30.3 Å². The van der Waals surface area contributed by atoms with Crippen LogP contribution < -0.4 is 10.6 Å². The van der Waals surface area contributed by atoms with Crippen LogP contribution in [0.3, 0.4) is 0 Å². The summed E-state index contributed by atoms with van der Waals surface area (Å²) in [6, 6.07) is 7.05. The van der Waals surface area contributed by atoms with Crippen molar-refractivity contribution >= 4 is 29.9 Å². The Labute approximate surface area is 218 Å². The van der Waals surface area contributed by atoms with E-state index in [4.69, 9.17) is 4.74 Å². The molecule has 0 bridgehead atoms. The summed E-state index contributed by atoms with van der Waals surface area (Å²) in [5, 5.41) is 13.7. The van der Waals surface area contributed by atoms with Gasteiger partial charge in [-0.05, 0) is 56.0 Å². The highest BCUT2D eigenvalue weighted by Crippen LogP contribution is 2.39. The number of nitrogens with one attached hydrogen (secondary N) is 3. The van der Waals surface area contributed by atoms with Crippen molar-refractivity contribution in [1.82, 2.24) is 30.0 Å². The number of anilines is 3. The van der Waals surface area contributed by atoms with Crippen LogP contribution in [0.5, 0.6) is 0 Å². The van der Waals surface area contributed by atoms with E-state index in [9.17, 15) is 13.2 Å². The van der Waals surface area contributed by atoms with Crippen molar-refractivity contribution in [2.75, 3.05) is 50.0 Å². The van der Waals surface area contributed by atoms with Crippen molar-refractivity contribution < 1.29 is 17.9 Å². The minimum Gasteiger partial charge on any atom is -0.380 e. The zero-order valence-electron chi connectivity index (χ0n) is 21.0. The monoisotopic (exact) mass is 528 g/mol. The first-order chi connectivity index (χ1) is 18.4. The summed E-state index contributed by atoms with van der Waals surface area (Å²) in [6.07, 6.45) is 2.95. The highest BCUT2D eigenvalue weighted by Gasteiger charge is 2.30. The molecule has 3 heterocycles. The van der Waals surface area contributed by atoms with Gasteiger partial charge in [-0.1, -0.05) is 18.2 Å². The SMILES string of the molecule is FC(F)(F)c1cccc(/C=C/c2nc(NCCCN3CCCOCC3)nc(Nc3cc(C4CC4)[nH]n3)n2)c1. The molecule has 0 radical (unpaired) electrons. The van der Waals surface area contributed by atoms with Crippen LogP contribution in [-0.4, -0.2) is 69.4 Å². The van der Waals surface area contributed by atoms with E-state index in [0.717, 1.165) is 76.4 Å². The molecule has 0 amide bonds. The smallest absolute Gasteiger partial charge is 0.380 e. The molecule has 2 aromatic heterocycles. The topological polar surface area (TPSA) is 104 Å². The van der Waals surface area contributed by atoms with Crippen molar-refractivity contribution in [2.45, 2.75) is 37.8 Å². The fourth-order valence-corrected chi connectivity index (χ4v) is 4.23. The third-order valence-electron chi connectivity index (χ3n) is 6.40. The molecule has 1 saturated heterocycles. The minimum atomic E-state index is -4.41. The molecule has 3 aromatic rings. The summed E-state index contributed by atoms with van der Waals surface area (Å²) in [4.78, 5) is 15.8. The van der Waals surface area contributed by atoms with Crippen molar-refractivity contribution in [1.29, 1.82) is 0 Å². The van der Waals surface area contributed by atoms with E-state index in [1.54, 1.807) is 18.2 Å². The predicted octanol–water partition coefficient (Wildman–Crippen LogP) is 4.93. The van der Waals surface area contributed by atoms with E-state index in [-0.39, 0.29) is 0 Å². The Morgan fingerprint density at radius 1 is 1.05 bits per heavy atom. The summed E-state index contributed by atoms with van der Waals surface area (Å²) < 4.78 is 44.8. The molecule has 1 saturated carbocycles. The Morgan fingerprint density at radius 2 is 1.92 bits per heavy atom. The average Bonchev–Trinajstić information content (AvgIpc) is 3.69. The van der Waals surface area contributed by atoms with Crippen LogP contribution in [0.4, 0.5) is 30.9 Å². The fraction of sp³-hybridized carbons (Fsp3) is 0.462. The largest absolute Gasteiger partial charge is 0.416 e. The molecule has 0 spiro atoms. The third-order valence-corrected chi connectivity index (χ3v) is 6.40. The van der Waals surface area contributed by atoms with Gasteiger partial charge in [0.25, 0.3) is 0 Å². The van der Waals surface area contributed by atoms with Crippen molar-refractivity contribution in [3.8, 4) is 0 Å². The first kappa shape index (κ1) is 26.1. The molecular formula is C26H31F3N8O. The number of hydrogen-bond acceptors (Lipinski definition) is 8. The summed E-state index contributed by atoms with van der Waals surface area (Å²) in [6.45, 7) is 5.11. The second-order valence-electron chi connectivity index (χ2n) is 9.49. The normalized spacial score (nSPS) is 17.0. The highest BCUT2D eigenvalue weighted by atomic mass is 19.4. The van der Waals surface area contributed by atoms with E-state index in [1.165, 1.54) is 6.07 Å². The Bertz CT molecular complexity index is 1230. The standard InChI is InChI=1S/C26H31F3N8O/c27-26(28,29)20-5-1-4-18(16-20)6-9-22-31-24(30-10-2-11-37-12-3-14-38-15-13-37)34-25(32-22)33-23-17-21(35-36-23)19-7-8-19/h1,4-6,9,16-17,19H,2-3,7-8,10-15H2,(H3,30,31,32,33,34,35,36)/b9-6+. The molecule has 9 nitrogen and oxygen atoms in total. The molecule has 1 aromatic carbocycles. The zero-order chi connectivity index (χ0) is 26.4. The van der Waals surface area contributed by atoms with Crippen molar-refractivity contribution in [3.63, 3.8) is 0 Å². The van der Waals surface area contributed by atoms with Crippen molar-refractivity contribution in [2.24, 2.45) is 0 Å². The number of rotatable bonds is 10. The van der Waals surface area contributed by atoms with Gasteiger partial charge in [-0.15, -0.1) is 0 Å². The quantitative estimate of drug-likeness (QED) is 0.318. The van der Waals surface area contributed by atoms with Gasteiger partial charge in [-0.2, -0.15) is 33.2 Å². The van der Waals surface area contributed by atoms with Gasteiger partial charge < -0.3 is 20.3 Å². The maximum absolute atomic E-state index is 13.1. The first-order valence-electron chi connectivity index (χ1n) is 12.9. The van der Waals surface area contributed by atoms with Crippen LogP contribution in [0.1, 0.15) is 54.2 Å². The molecule has 12 heteroatoms. The zero-order valence-corrected chi connectivity index (χ0v) is 21.0. The number of aromatic amines is 1. The molecule has 2 fully saturated rings. The molecule has 38 heavy (non-hydrogen) atoms. The van der Waals surface area contributed by atoms with Gasteiger partial charge >= 0.3 is 6.18 Å². The lowest BCUT2D eigenvalue weighted by Gasteiger charge is -2.18.